The van der Waals surface area contributed by atoms with Crippen molar-refractivity contribution in [2.75, 3.05) is 36.6 Å². The molecule has 1 N–H and O–H groups in total. The summed E-state index contributed by atoms with van der Waals surface area (Å²) in [5.41, 5.74) is 0.760. The summed E-state index contributed by atoms with van der Waals surface area (Å²) in [4.78, 5) is 12.9. The van der Waals surface area contributed by atoms with Gasteiger partial charge in [-0.1, -0.05) is 23.7 Å². The first kappa shape index (κ1) is 21.1. The Bertz CT molecular complexity index is 1030. The first-order valence-electron chi connectivity index (χ1n) is 8.70. The zero-order valence-corrected chi connectivity index (χ0v) is 17.7. The maximum Gasteiger partial charge on any atom is 0.265 e. The fourth-order valence-electron chi connectivity index (χ4n) is 3.03. The number of nitrogens with one attached hydrogen (secondary N) is 1. The van der Waals surface area contributed by atoms with Crippen LogP contribution in [0.5, 0.6) is 17.2 Å². The first-order chi connectivity index (χ1) is 13.7. The van der Waals surface area contributed by atoms with Crippen molar-refractivity contribution >= 4 is 38.9 Å². The quantitative estimate of drug-likeness (QED) is 0.768. The van der Waals surface area contributed by atoms with Gasteiger partial charge in [0.2, 0.25) is 10.0 Å². The lowest BCUT2D eigenvalue weighted by atomic mass is 10.2. The molecule has 1 aliphatic heterocycles. The maximum absolute atomic E-state index is 12.9. The van der Waals surface area contributed by atoms with Gasteiger partial charge in [-0.3, -0.25) is 9.10 Å². The molecule has 1 atom stereocenters. The van der Waals surface area contributed by atoms with Gasteiger partial charge in [0.05, 0.1) is 36.9 Å². The molecule has 0 aliphatic carbocycles. The minimum absolute atomic E-state index is 0.106. The Kier molecular flexibility index (Phi) is 6.09. The van der Waals surface area contributed by atoms with E-state index in [1.54, 1.807) is 30.3 Å². The van der Waals surface area contributed by atoms with E-state index in [0.717, 1.165) is 6.26 Å². The van der Waals surface area contributed by atoms with E-state index in [0.29, 0.717) is 33.6 Å². The van der Waals surface area contributed by atoms with Crippen molar-refractivity contribution in [2.24, 2.45) is 0 Å². The molecule has 1 heterocycles. The number of carbonyl (C=O) groups is 1. The number of ether oxygens (including phenoxy) is 3. The number of nitrogens with zero attached hydrogens (tertiary/aromatic N) is 1. The molecule has 8 nitrogen and oxygen atoms in total. The number of hydrogen-bond acceptors (Lipinski definition) is 6. The average molecular weight is 441 g/mol. The summed E-state index contributed by atoms with van der Waals surface area (Å²) in [5.74, 6) is 0.600. The average Bonchev–Trinajstić information content (AvgIpc) is 2.88. The van der Waals surface area contributed by atoms with Gasteiger partial charge in [0, 0.05) is 25.1 Å². The Labute approximate surface area is 174 Å². The standard InChI is InChI=1S/C19H21ClN2O6S/c1-26-17-11-13(18(27-2)10-12(17)20)21-19(23)16-8-9-22(29(3,24)25)14-6-4-5-7-15(14)28-16/h4-7,10-11,16H,8-9H2,1-3H3,(H,21,23)/t16-/m1/s1. The summed E-state index contributed by atoms with van der Waals surface area (Å²) >= 11 is 6.10. The van der Waals surface area contributed by atoms with Gasteiger partial charge >= 0.3 is 0 Å². The van der Waals surface area contributed by atoms with Crippen molar-refractivity contribution in [3.8, 4) is 17.2 Å². The molecule has 1 amide bonds. The smallest absolute Gasteiger partial charge is 0.265 e. The molecule has 156 valence electrons. The van der Waals surface area contributed by atoms with Gasteiger partial charge in [0.15, 0.2) is 6.10 Å². The Morgan fingerprint density at radius 3 is 2.55 bits per heavy atom. The van der Waals surface area contributed by atoms with Crippen LogP contribution in [0.25, 0.3) is 0 Å². The van der Waals surface area contributed by atoms with Crippen molar-refractivity contribution in [2.45, 2.75) is 12.5 Å². The summed E-state index contributed by atoms with van der Waals surface area (Å²) in [7, 11) is -0.607. The molecule has 0 radical (unpaired) electrons. The molecule has 0 unspecified atom stereocenters. The van der Waals surface area contributed by atoms with E-state index in [1.165, 1.54) is 24.6 Å². The van der Waals surface area contributed by atoms with Crippen LogP contribution >= 0.6 is 11.6 Å². The highest BCUT2D eigenvalue weighted by Crippen LogP contribution is 2.37. The van der Waals surface area contributed by atoms with Crippen LogP contribution in [-0.2, 0) is 14.8 Å². The number of sulfonamides is 1. The van der Waals surface area contributed by atoms with E-state index in [1.807, 2.05) is 0 Å². The third-order valence-electron chi connectivity index (χ3n) is 4.42. The molecule has 2 aromatic rings. The second-order valence-electron chi connectivity index (χ2n) is 6.37. The van der Waals surface area contributed by atoms with E-state index in [2.05, 4.69) is 5.32 Å². The molecule has 0 aromatic heterocycles. The minimum Gasteiger partial charge on any atom is -0.495 e. The highest BCUT2D eigenvalue weighted by molar-refractivity contribution is 7.92. The largest absolute Gasteiger partial charge is 0.495 e. The SMILES string of the molecule is COc1cc(NC(=O)[C@H]2CCN(S(C)(=O)=O)c3ccccc3O2)c(OC)cc1Cl. The van der Waals surface area contributed by atoms with Crippen molar-refractivity contribution in [1.82, 2.24) is 0 Å². The van der Waals surface area contributed by atoms with Gasteiger partial charge in [-0.2, -0.15) is 0 Å². The Morgan fingerprint density at radius 2 is 1.90 bits per heavy atom. The van der Waals surface area contributed by atoms with Crippen LogP contribution in [0.1, 0.15) is 6.42 Å². The number of hydrogen-bond donors (Lipinski definition) is 1. The van der Waals surface area contributed by atoms with Gasteiger partial charge in [-0.05, 0) is 12.1 Å². The Balaban J connectivity index is 1.88. The molecule has 0 saturated carbocycles. The van der Waals surface area contributed by atoms with Gasteiger partial charge in [-0.25, -0.2) is 8.42 Å². The first-order valence-corrected chi connectivity index (χ1v) is 10.9. The third kappa shape index (κ3) is 4.51. The molecule has 2 aromatic carbocycles. The van der Waals surface area contributed by atoms with Gasteiger partial charge < -0.3 is 19.5 Å². The van der Waals surface area contributed by atoms with E-state index < -0.39 is 22.0 Å². The highest BCUT2D eigenvalue weighted by atomic mass is 35.5. The fraction of sp³-hybridized carbons (Fsp3) is 0.316. The van der Waals surface area contributed by atoms with Crippen LogP contribution in [0, 0.1) is 0 Å². The summed E-state index contributed by atoms with van der Waals surface area (Å²) < 4.78 is 41.9. The van der Waals surface area contributed by atoms with Crippen LogP contribution in [0.15, 0.2) is 36.4 Å². The van der Waals surface area contributed by atoms with Gasteiger partial charge in [-0.15, -0.1) is 0 Å². The number of rotatable bonds is 5. The number of methoxy groups -OCH3 is 2. The van der Waals surface area contributed by atoms with Crippen molar-refractivity contribution in [3.05, 3.63) is 41.4 Å². The topological polar surface area (TPSA) is 94.2 Å². The predicted octanol–water partition coefficient (Wildman–Crippen LogP) is 2.91. The fourth-order valence-corrected chi connectivity index (χ4v) is 4.21. The maximum atomic E-state index is 12.9. The number of anilines is 2. The monoisotopic (exact) mass is 440 g/mol. The number of para-hydroxylation sites is 2. The third-order valence-corrected chi connectivity index (χ3v) is 5.90. The van der Waals surface area contributed by atoms with Crippen molar-refractivity contribution in [1.29, 1.82) is 0 Å². The van der Waals surface area contributed by atoms with E-state index >= 15 is 0 Å². The van der Waals surface area contributed by atoms with E-state index in [4.69, 9.17) is 25.8 Å². The predicted molar refractivity (Wildman–Crippen MR) is 111 cm³/mol. The molecule has 0 fully saturated rings. The van der Waals surface area contributed by atoms with E-state index in [9.17, 15) is 13.2 Å². The molecule has 10 heteroatoms. The number of halogens is 1. The zero-order valence-electron chi connectivity index (χ0n) is 16.1. The van der Waals surface area contributed by atoms with Gasteiger partial charge in [0.25, 0.3) is 5.91 Å². The summed E-state index contributed by atoms with van der Waals surface area (Å²) in [5, 5.41) is 3.09. The lowest BCUT2D eigenvalue weighted by molar-refractivity contribution is -0.122. The van der Waals surface area contributed by atoms with Crippen LogP contribution in [0.3, 0.4) is 0 Å². The summed E-state index contributed by atoms with van der Waals surface area (Å²) in [6.45, 7) is 0.106. The van der Waals surface area contributed by atoms with Gasteiger partial charge in [0.1, 0.15) is 17.2 Å². The van der Waals surface area contributed by atoms with Crippen molar-refractivity contribution < 1.29 is 27.4 Å². The van der Waals surface area contributed by atoms with Crippen LogP contribution < -0.4 is 23.8 Å². The second kappa shape index (κ2) is 8.38. The molecular weight excluding hydrogens is 420 g/mol. The minimum atomic E-state index is -3.52. The van der Waals surface area contributed by atoms with Crippen LogP contribution in [-0.4, -0.2) is 47.4 Å². The normalized spacial score (nSPS) is 16.3. The number of carbonyl (C=O) groups excluding carboxylic acids is 1. The summed E-state index contributed by atoms with van der Waals surface area (Å²) in [6, 6.07) is 9.78. The van der Waals surface area contributed by atoms with Crippen molar-refractivity contribution in [3.63, 3.8) is 0 Å². The Hall–Kier alpha value is -2.65. The molecule has 29 heavy (non-hydrogen) atoms. The lowest BCUT2D eigenvalue weighted by Crippen LogP contribution is -2.36. The molecule has 0 saturated heterocycles. The summed E-state index contributed by atoms with van der Waals surface area (Å²) in [6.07, 6.45) is 0.379. The zero-order chi connectivity index (χ0) is 21.2. The number of amides is 1. The molecular formula is C19H21ClN2O6S. The second-order valence-corrected chi connectivity index (χ2v) is 8.69. The number of benzene rings is 2. The molecule has 0 spiro atoms. The Morgan fingerprint density at radius 1 is 1.21 bits per heavy atom. The number of fused-ring (bicyclic) bond motifs is 1. The molecule has 0 bridgehead atoms. The lowest BCUT2D eigenvalue weighted by Gasteiger charge is -2.20. The van der Waals surface area contributed by atoms with Crippen LogP contribution in [0.4, 0.5) is 11.4 Å². The molecule has 3 rings (SSSR count). The van der Waals surface area contributed by atoms with E-state index in [-0.39, 0.29) is 13.0 Å². The highest BCUT2D eigenvalue weighted by Gasteiger charge is 2.31. The van der Waals surface area contributed by atoms with Crippen LogP contribution in [0.2, 0.25) is 5.02 Å². The molecule has 1 aliphatic rings.